The summed E-state index contributed by atoms with van der Waals surface area (Å²) in [6, 6.07) is 9.76. The first-order chi connectivity index (χ1) is 10.9. The van der Waals surface area contributed by atoms with Gasteiger partial charge in [0.2, 0.25) is 0 Å². The second-order valence-electron chi connectivity index (χ2n) is 5.27. The number of aromatic nitrogens is 4. The third-order valence-electron chi connectivity index (χ3n) is 3.67. The monoisotopic (exact) mass is 322 g/mol. The van der Waals surface area contributed by atoms with E-state index in [0.717, 1.165) is 31.6 Å². The van der Waals surface area contributed by atoms with E-state index < -0.39 is 0 Å². The van der Waals surface area contributed by atoms with E-state index in [0.29, 0.717) is 18.3 Å². The summed E-state index contributed by atoms with van der Waals surface area (Å²) in [5.74, 6) is 1.01. The second kappa shape index (κ2) is 7.67. The lowest BCUT2D eigenvalue weighted by Crippen LogP contribution is -2.26. The quantitative estimate of drug-likeness (QED) is 0.765. The van der Waals surface area contributed by atoms with Gasteiger partial charge < -0.3 is 9.47 Å². The zero-order valence-electron chi connectivity index (χ0n) is 12.3. The third-order valence-corrected chi connectivity index (χ3v) is 4.04. The molecule has 0 spiro atoms. The minimum Gasteiger partial charge on any atom is -0.353 e. The molecule has 0 aliphatic carbocycles. The largest absolute Gasteiger partial charge is 0.353 e. The zero-order valence-corrected chi connectivity index (χ0v) is 13.0. The Bertz CT molecular complexity index is 572. The highest BCUT2D eigenvalue weighted by Gasteiger charge is 2.22. The van der Waals surface area contributed by atoms with Crippen LogP contribution in [0.3, 0.4) is 0 Å². The van der Waals surface area contributed by atoms with E-state index in [9.17, 15) is 0 Å². The van der Waals surface area contributed by atoms with Gasteiger partial charge in [0.1, 0.15) is 0 Å². The van der Waals surface area contributed by atoms with Gasteiger partial charge in [-0.1, -0.05) is 18.2 Å². The number of alkyl halides is 1. The van der Waals surface area contributed by atoms with E-state index in [4.69, 9.17) is 21.1 Å². The van der Waals surface area contributed by atoms with Crippen LogP contribution in [0.1, 0.15) is 31.0 Å². The number of nitrogens with zero attached hydrogens (tertiary/aromatic N) is 4. The van der Waals surface area contributed by atoms with Crippen LogP contribution in [0.2, 0.25) is 0 Å². The molecular weight excluding hydrogens is 304 g/mol. The van der Waals surface area contributed by atoms with Crippen molar-refractivity contribution in [3.63, 3.8) is 0 Å². The van der Waals surface area contributed by atoms with Crippen molar-refractivity contribution in [2.45, 2.75) is 31.5 Å². The average molecular weight is 323 g/mol. The van der Waals surface area contributed by atoms with Gasteiger partial charge in [-0.25, -0.2) is 0 Å². The van der Waals surface area contributed by atoms with Gasteiger partial charge in [-0.2, -0.15) is 4.68 Å². The van der Waals surface area contributed by atoms with Gasteiger partial charge in [0.15, 0.2) is 12.1 Å². The van der Waals surface area contributed by atoms with Crippen LogP contribution in [-0.4, -0.2) is 45.6 Å². The van der Waals surface area contributed by atoms with Crippen LogP contribution >= 0.6 is 11.6 Å². The molecule has 0 saturated carbocycles. The van der Waals surface area contributed by atoms with Crippen molar-refractivity contribution in [3.8, 4) is 5.69 Å². The molecule has 6 nitrogen and oxygen atoms in total. The highest BCUT2D eigenvalue weighted by atomic mass is 35.5. The summed E-state index contributed by atoms with van der Waals surface area (Å²) < 4.78 is 13.1. The molecule has 118 valence electrons. The van der Waals surface area contributed by atoms with Crippen molar-refractivity contribution >= 4 is 11.6 Å². The lowest BCUT2D eigenvalue weighted by atomic mass is 10.1. The van der Waals surface area contributed by atoms with E-state index >= 15 is 0 Å². The fourth-order valence-corrected chi connectivity index (χ4v) is 2.68. The van der Waals surface area contributed by atoms with Gasteiger partial charge >= 0.3 is 0 Å². The van der Waals surface area contributed by atoms with E-state index in [-0.39, 0.29) is 12.2 Å². The summed E-state index contributed by atoms with van der Waals surface area (Å²) in [4.78, 5) is 0. The SMILES string of the molecule is ClCC(COC1CCCCO1)c1nnnn1-c1ccccc1. The first-order valence-corrected chi connectivity index (χ1v) is 8.05. The van der Waals surface area contributed by atoms with Gasteiger partial charge in [-0.15, -0.1) is 16.7 Å². The first-order valence-electron chi connectivity index (χ1n) is 7.51. The Kier molecular flexibility index (Phi) is 5.37. The topological polar surface area (TPSA) is 62.1 Å². The molecule has 2 unspecified atom stereocenters. The van der Waals surface area contributed by atoms with Gasteiger partial charge in [0.05, 0.1) is 18.2 Å². The summed E-state index contributed by atoms with van der Waals surface area (Å²) in [5, 5.41) is 12.0. The molecular formula is C15H19ClN4O2. The first kappa shape index (κ1) is 15.4. The van der Waals surface area contributed by atoms with E-state index in [2.05, 4.69) is 15.5 Å². The predicted octanol–water partition coefficient (Wildman–Crippen LogP) is 2.53. The molecule has 2 heterocycles. The van der Waals surface area contributed by atoms with Crippen molar-refractivity contribution in [1.29, 1.82) is 0 Å². The van der Waals surface area contributed by atoms with Crippen LogP contribution < -0.4 is 0 Å². The van der Waals surface area contributed by atoms with Crippen LogP contribution in [0.15, 0.2) is 30.3 Å². The highest BCUT2D eigenvalue weighted by Crippen LogP contribution is 2.21. The number of halogens is 1. The number of ether oxygens (including phenoxy) is 2. The van der Waals surface area contributed by atoms with Crippen molar-refractivity contribution in [2.75, 3.05) is 19.1 Å². The molecule has 0 N–H and O–H groups in total. The summed E-state index contributed by atoms with van der Waals surface area (Å²) >= 11 is 6.11. The average Bonchev–Trinajstić information content (AvgIpc) is 3.07. The van der Waals surface area contributed by atoms with E-state index in [1.54, 1.807) is 4.68 Å². The fourth-order valence-electron chi connectivity index (χ4n) is 2.46. The molecule has 2 atom stereocenters. The molecule has 3 rings (SSSR count). The predicted molar refractivity (Wildman–Crippen MR) is 82.2 cm³/mol. The fraction of sp³-hybridized carbons (Fsp3) is 0.533. The number of rotatable bonds is 6. The van der Waals surface area contributed by atoms with Crippen LogP contribution in [0.5, 0.6) is 0 Å². The molecule has 1 fully saturated rings. The van der Waals surface area contributed by atoms with Crippen LogP contribution in [0, 0.1) is 0 Å². The number of para-hydroxylation sites is 1. The van der Waals surface area contributed by atoms with Gasteiger partial charge in [-0.3, -0.25) is 0 Å². The summed E-state index contributed by atoms with van der Waals surface area (Å²) in [6.45, 7) is 1.21. The van der Waals surface area contributed by atoms with Gasteiger partial charge in [0, 0.05) is 12.5 Å². The second-order valence-corrected chi connectivity index (χ2v) is 5.57. The van der Waals surface area contributed by atoms with Crippen LogP contribution in [-0.2, 0) is 9.47 Å². The van der Waals surface area contributed by atoms with Crippen molar-refractivity contribution in [3.05, 3.63) is 36.2 Å². The number of benzene rings is 1. The molecule has 7 heteroatoms. The molecule has 1 aromatic carbocycles. The number of tetrazole rings is 1. The Labute approximate surface area is 134 Å². The Morgan fingerprint density at radius 3 is 2.91 bits per heavy atom. The molecule has 22 heavy (non-hydrogen) atoms. The molecule has 1 aliphatic heterocycles. The van der Waals surface area contributed by atoms with Crippen molar-refractivity contribution in [2.24, 2.45) is 0 Å². The Morgan fingerprint density at radius 1 is 1.32 bits per heavy atom. The summed E-state index contributed by atoms with van der Waals surface area (Å²) in [7, 11) is 0. The van der Waals surface area contributed by atoms with E-state index in [1.807, 2.05) is 30.3 Å². The smallest absolute Gasteiger partial charge is 0.163 e. The lowest BCUT2D eigenvalue weighted by Gasteiger charge is -2.24. The Morgan fingerprint density at radius 2 is 2.18 bits per heavy atom. The maximum atomic E-state index is 6.11. The molecule has 1 aliphatic rings. The Balaban J connectivity index is 1.70. The Hall–Kier alpha value is -1.50. The molecule has 1 aromatic heterocycles. The zero-order chi connectivity index (χ0) is 15.2. The summed E-state index contributed by atoms with van der Waals surface area (Å²) in [6.07, 6.45) is 3.03. The summed E-state index contributed by atoms with van der Waals surface area (Å²) in [5.41, 5.74) is 0.909. The molecule has 2 aromatic rings. The maximum absolute atomic E-state index is 6.11. The molecule has 0 bridgehead atoms. The van der Waals surface area contributed by atoms with E-state index in [1.165, 1.54) is 0 Å². The molecule has 0 amide bonds. The van der Waals surface area contributed by atoms with Crippen LogP contribution in [0.4, 0.5) is 0 Å². The van der Waals surface area contributed by atoms with Crippen LogP contribution in [0.25, 0.3) is 5.69 Å². The van der Waals surface area contributed by atoms with Gasteiger partial charge in [-0.05, 0) is 41.8 Å². The van der Waals surface area contributed by atoms with Crippen molar-refractivity contribution < 1.29 is 9.47 Å². The normalized spacial score (nSPS) is 20.0. The minimum atomic E-state index is -0.138. The molecule has 0 radical (unpaired) electrons. The van der Waals surface area contributed by atoms with Crippen molar-refractivity contribution in [1.82, 2.24) is 20.2 Å². The number of hydrogen-bond acceptors (Lipinski definition) is 5. The highest BCUT2D eigenvalue weighted by molar-refractivity contribution is 6.18. The minimum absolute atomic E-state index is 0.0811. The van der Waals surface area contributed by atoms with Gasteiger partial charge in [0.25, 0.3) is 0 Å². The lowest BCUT2D eigenvalue weighted by molar-refractivity contribution is -0.164. The maximum Gasteiger partial charge on any atom is 0.163 e. The number of hydrogen-bond donors (Lipinski definition) is 0. The standard InChI is InChI=1S/C15H19ClN4O2/c16-10-12(11-22-14-8-4-5-9-21-14)15-17-18-19-20(15)13-6-2-1-3-7-13/h1-3,6-7,12,14H,4-5,8-11H2. The third kappa shape index (κ3) is 3.63. The molecule has 1 saturated heterocycles.